The van der Waals surface area contributed by atoms with Crippen LogP contribution in [0.3, 0.4) is 0 Å². The molecule has 0 aromatic heterocycles. The second kappa shape index (κ2) is 4.61. The van der Waals surface area contributed by atoms with E-state index in [0.29, 0.717) is 18.0 Å². The summed E-state index contributed by atoms with van der Waals surface area (Å²) >= 11 is 3.32. The molecule has 0 spiro atoms. The third kappa shape index (κ3) is 2.65. The minimum absolute atomic E-state index is 0.0454. The molecule has 0 aliphatic carbocycles. The van der Waals surface area contributed by atoms with Gasteiger partial charge in [0.05, 0.1) is 10.6 Å². The molecule has 1 heterocycles. The van der Waals surface area contributed by atoms with E-state index in [-0.39, 0.29) is 11.7 Å². The number of halogens is 1. The maximum atomic E-state index is 11.4. The van der Waals surface area contributed by atoms with Gasteiger partial charge in [-0.25, -0.2) is 0 Å². The van der Waals surface area contributed by atoms with Crippen LogP contribution < -0.4 is 0 Å². The number of hydrogen-bond donors (Lipinski definition) is 2. The van der Waals surface area contributed by atoms with Crippen LogP contribution in [0.25, 0.3) is 0 Å². The number of fused-ring (bicyclic) bond motifs is 1. The summed E-state index contributed by atoms with van der Waals surface area (Å²) in [5, 5.41) is 0. The summed E-state index contributed by atoms with van der Waals surface area (Å²) in [6.45, 7) is 2.31. The molecule has 1 aliphatic heterocycles. The standard InChI is InChI=1S/C11H14BrNO3S/c1-8(14)13-4-5-17(15,16)11-6-10(12)3-2-9(11)7-13/h2-3,6,15-16H,4-5,7H2,1H3. The molecule has 1 aromatic carbocycles. The van der Waals surface area contributed by atoms with Crippen molar-refractivity contribution in [3.8, 4) is 0 Å². The molecule has 0 atom stereocenters. The Morgan fingerprint density at radius 1 is 1.47 bits per heavy atom. The molecule has 0 unspecified atom stereocenters. The summed E-state index contributed by atoms with van der Waals surface area (Å²) in [5.74, 6) is 0.159. The molecule has 1 aliphatic rings. The molecule has 1 aromatic rings. The van der Waals surface area contributed by atoms with Gasteiger partial charge in [-0.2, -0.15) is 10.6 Å². The zero-order valence-electron chi connectivity index (χ0n) is 9.39. The van der Waals surface area contributed by atoms with E-state index >= 15 is 0 Å². The van der Waals surface area contributed by atoms with Crippen molar-refractivity contribution >= 4 is 32.4 Å². The van der Waals surface area contributed by atoms with Gasteiger partial charge in [-0.3, -0.25) is 13.9 Å². The van der Waals surface area contributed by atoms with Crippen molar-refractivity contribution in [2.45, 2.75) is 18.4 Å². The van der Waals surface area contributed by atoms with Crippen LogP contribution in [0.4, 0.5) is 0 Å². The zero-order chi connectivity index (χ0) is 12.6. The maximum absolute atomic E-state index is 11.4. The van der Waals surface area contributed by atoms with Gasteiger partial charge in [0, 0.05) is 24.5 Å². The van der Waals surface area contributed by atoms with E-state index in [1.165, 1.54) is 6.92 Å². The summed E-state index contributed by atoms with van der Waals surface area (Å²) < 4.78 is 21.0. The lowest BCUT2D eigenvalue weighted by molar-refractivity contribution is -0.129. The summed E-state index contributed by atoms with van der Waals surface area (Å²) in [4.78, 5) is 13.6. The molecule has 2 rings (SSSR count). The SMILES string of the molecule is CC(=O)N1CCS(O)(O)c2cc(Br)ccc2C1. The second-order valence-corrected chi connectivity index (χ2v) is 7.16. The van der Waals surface area contributed by atoms with E-state index in [4.69, 9.17) is 0 Å². The van der Waals surface area contributed by atoms with Gasteiger partial charge in [-0.05, 0) is 17.7 Å². The van der Waals surface area contributed by atoms with E-state index in [1.807, 2.05) is 12.1 Å². The van der Waals surface area contributed by atoms with E-state index in [9.17, 15) is 13.9 Å². The first-order valence-corrected chi connectivity index (χ1v) is 7.71. The number of carbonyl (C=O) groups is 1. The second-order valence-electron chi connectivity index (χ2n) is 4.06. The minimum Gasteiger partial charge on any atom is -0.337 e. The topological polar surface area (TPSA) is 60.8 Å². The van der Waals surface area contributed by atoms with Crippen LogP contribution in [0.1, 0.15) is 12.5 Å². The molecule has 94 valence electrons. The fourth-order valence-electron chi connectivity index (χ4n) is 1.86. The molecule has 0 saturated heterocycles. The monoisotopic (exact) mass is 319 g/mol. The summed E-state index contributed by atoms with van der Waals surface area (Å²) in [6.07, 6.45) is 0. The lowest BCUT2D eigenvalue weighted by Gasteiger charge is -2.32. The number of nitrogens with zero attached hydrogens (tertiary/aromatic N) is 1. The molecule has 17 heavy (non-hydrogen) atoms. The Labute approximate surface area is 110 Å². The number of amides is 1. The molecular weight excluding hydrogens is 306 g/mol. The van der Waals surface area contributed by atoms with Gasteiger partial charge in [0.15, 0.2) is 0 Å². The van der Waals surface area contributed by atoms with E-state index < -0.39 is 10.6 Å². The predicted molar refractivity (Wildman–Crippen MR) is 71.2 cm³/mol. The summed E-state index contributed by atoms with van der Waals surface area (Å²) in [5.41, 5.74) is 0.806. The Morgan fingerprint density at radius 3 is 2.82 bits per heavy atom. The lowest BCUT2D eigenvalue weighted by Crippen LogP contribution is -2.29. The highest BCUT2D eigenvalue weighted by molar-refractivity contribution is 9.10. The number of hydrogen-bond acceptors (Lipinski definition) is 3. The van der Waals surface area contributed by atoms with Crippen LogP contribution in [0.2, 0.25) is 0 Å². The van der Waals surface area contributed by atoms with Crippen LogP contribution in [0, 0.1) is 0 Å². The third-order valence-corrected chi connectivity index (χ3v) is 5.16. The largest absolute Gasteiger partial charge is 0.337 e. The van der Waals surface area contributed by atoms with Gasteiger partial charge < -0.3 is 4.90 Å². The number of rotatable bonds is 0. The number of benzene rings is 1. The lowest BCUT2D eigenvalue weighted by atomic mass is 10.2. The Bertz CT molecular complexity index is 464. The van der Waals surface area contributed by atoms with Crippen molar-refractivity contribution in [1.29, 1.82) is 0 Å². The number of carbonyl (C=O) groups excluding carboxylic acids is 1. The van der Waals surface area contributed by atoms with Crippen LogP contribution >= 0.6 is 26.5 Å². The van der Waals surface area contributed by atoms with Gasteiger partial charge in [-0.1, -0.05) is 22.0 Å². The predicted octanol–water partition coefficient (Wildman–Crippen LogP) is 2.92. The van der Waals surface area contributed by atoms with Crippen LogP contribution in [0.15, 0.2) is 27.6 Å². The first kappa shape index (κ1) is 12.9. The van der Waals surface area contributed by atoms with Crippen molar-refractivity contribution in [3.05, 3.63) is 28.2 Å². The first-order valence-electron chi connectivity index (χ1n) is 5.20. The quantitative estimate of drug-likeness (QED) is 0.773. The molecule has 4 nitrogen and oxygen atoms in total. The van der Waals surface area contributed by atoms with Crippen LogP contribution in [-0.2, 0) is 11.3 Å². The highest BCUT2D eigenvalue weighted by Crippen LogP contribution is 2.51. The normalized spacial score (nSPS) is 20.4. The molecule has 1 amide bonds. The Balaban J connectivity index is 2.46. The van der Waals surface area contributed by atoms with E-state index in [1.54, 1.807) is 11.0 Å². The smallest absolute Gasteiger partial charge is 0.219 e. The molecular formula is C11H14BrNO3S. The summed E-state index contributed by atoms with van der Waals surface area (Å²) in [6, 6.07) is 5.40. The van der Waals surface area contributed by atoms with Crippen molar-refractivity contribution in [1.82, 2.24) is 4.90 Å². The van der Waals surface area contributed by atoms with Crippen LogP contribution in [0.5, 0.6) is 0 Å². The fraction of sp³-hybridized carbons (Fsp3) is 0.364. The van der Waals surface area contributed by atoms with Gasteiger partial charge in [0.1, 0.15) is 0 Å². The highest BCUT2D eigenvalue weighted by Gasteiger charge is 2.26. The Kier molecular flexibility index (Phi) is 3.49. The molecule has 2 N–H and O–H groups in total. The van der Waals surface area contributed by atoms with E-state index in [0.717, 1.165) is 10.0 Å². The molecule has 0 radical (unpaired) electrons. The van der Waals surface area contributed by atoms with Crippen molar-refractivity contribution < 1.29 is 13.9 Å². The molecule has 0 saturated carbocycles. The first-order chi connectivity index (χ1) is 7.90. The Morgan fingerprint density at radius 2 is 2.18 bits per heavy atom. The molecule has 6 heteroatoms. The van der Waals surface area contributed by atoms with Crippen molar-refractivity contribution in [2.75, 3.05) is 12.3 Å². The van der Waals surface area contributed by atoms with E-state index in [2.05, 4.69) is 15.9 Å². The average molecular weight is 320 g/mol. The van der Waals surface area contributed by atoms with Crippen molar-refractivity contribution in [2.24, 2.45) is 0 Å². The van der Waals surface area contributed by atoms with Gasteiger partial charge >= 0.3 is 0 Å². The van der Waals surface area contributed by atoms with Crippen molar-refractivity contribution in [3.63, 3.8) is 0 Å². The van der Waals surface area contributed by atoms with Gasteiger partial charge in [-0.15, -0.1) is 0 Å². The van der Waals surface area contributed by atoms with Gasteiger partial charge in [0.2, 0.25) is 5.91 Å². The zero-order valence-corrected chi connectivity index (χ0v) is 11.8. The average Bonchev–Trinajstić information content (AvgIpc) is 2.37. The molecule has 0 fully saturated rings. The van der Waals surface area contributed by atoms with Crippen LogP contribution in [-0.4, -0.2) is 32.2 Å². The summed E-state index contributed by atoms with van der Waals surface area (Å²) in [7, 11) is -2.79. The van der Waals surface area contributed by atoms with Gasteiger partial charge in [0.25, 0.3) is 0 Å². The Hall–Kier alpha value is -0.560. The fourth-order valence-corrected chi connectivity index (χ4v) is 3.94. The molecule has 0 bridgehead atoms. The minimum atomic E-state index is -2.79. The maximum Gasteiger partial charge on any atom is 0.219 e. The third-order valence-electron chi connectivity index (χ3n) is 2.83. The highest BCUT2D eigenvalue weighted by atomic mass is 79.9.